The van der Waals surface area contributed by atoms with Gasteiger partial charge >= 0.3 is 0 Å². The number of pyridine rings is 2. The number of unbranched alkanes of at least 4 members (excludes halogenated alkanes) is 2. The Hall–Kier alpha value is -3.26. The van der Waals surface area contributed by atoms with Crippen molar-refractivity contribution in [3.8, 4) is 0 Å². The summed E-state index contributed by atoms with van der Waals surface area (Å²) in [6, 6.07) is 14.5. The molecule has 8 heteroatoms. The molecule has 0 saturated carbocycles. The smallest absolute Gasteiger partial charge is 0.267 e. The van der Waals surface area contributed by atoms with E-state index in [0.29, 0.717) is 17.8 Å². The summed E-state index contributed by atoms with van der Waals surface area (Å²) in [6.45, 7) is 2.48. The molecule has 0 aliphatic heterocycles. The topological polar surface area (TPSA) is 97.3 Å². The van der Waals surface area contributed by atoms with Crippen LogP contribution in [-0.4, -0.2) is 22.4 Å². The third-order valence-corrected chi connectivity index (χ3v) is 6.89. The maximum atomic E-state index is 13.3. The van der Waals surface area contributed by atoms with Gasteiger partial charge in [0, 0.05) is 12.7 Å². The molecule has 0 unspecified atom stereocenters. The molecule has 0 aliphatic carbocycles. The van der Waals surface area contributed by atoms with Gasteiger partial charge in [-0.2, -0.15) is 0 Å². The van der Waals surface area contributed by atoms with E-state index >= 15 is 0 Å². The second kappa shape index (κ2) is 7.87. The summed E-state index contributed by atoms with van der Waals surface area (Å²) >= 11 is 0. The lowest BCUT2D eigenvalue weighted by Crippen LogP contribution is -2.30. The van der Waals surface area contributed by atoms with Crippen LogP contribution in [0.3, 0.4) is 0 Å². The highest BCUT2D eigenvalue weighted by molar-refractivity contribution is 7.91. The molecule has 0 bridgehead atoms. The quantitative estimate of drug-likeness (QED) is 0.381. The fraction of sp³-hybridized carbons (Fsp3) is 0.227. The zero-order valence-electron chi connectivity index (χ0n) is 16.6. The minimum Gasteiger partial charge on any atom is -0.310 e. The van der Waals surface area contributed by atoms with Crippen molar-refractivity contribution >= 4 is 26.5 Å². The number of benzene rings is 1. The lowest BCUT2D eigenvalue weighted by Gasteiger charge is -2.15. The maximum absolute atomic E-state index is 13.3. The van der Waals surface area contributed by atoms with Gasteiger partial charge in [-0.25, -0.2) is 13.4 Å². The van der Waals surface area contributed by atoms with Crippen LogP contribution in [0.5, 0.6) is 0 Å². The molecule has 3 heterocycles. The highest BCUT2D eigenvalue weighted by Crippen LogP contribution is 2.20. The van der Waals surface area contributed by atoms with Crippen molar-refractivity contribution in [1.29, 1.82) is 5.41 Å². The third kappa shape index (κ3) is 3.33. The van der Waals surface area contributed by atoms with E-state index in [1.165, 1.54) is 22.6 Å². The van der Waals surface area contributed by atoms with E-state index in [0.717, 1.165) is 19.3 Å². The number of aryl methyl sites for hydroxylation is 1. The van der Waals surface area contributed by atoms with Crippen LogP contribution < -0.4 is 11.0 Å². The van der Waals surface area contributed by atoms with Crippen molar-refractivity contribution in [3.05, 3.63) is 76.6 Å². The van der Waals surface area contributed by atoms with Crippen molar-refractivity contribution in [2.45, 2.75) is 42.5 Å². The van der Waals surface area contributed by atoms with Gasteiger partial charge in [0.1, 0.15) is 21.7 Å². The summed E-state index contributed by atoms with van der Waals surface area (Å²) in [6.07, 6.45) is 4.27. The number of fused-ring (bicyclic) bond motifs is 2. The Morgan fingerprint density at radius 1 is 1.03 bits per heavy atom. The normalized spacial score (nSPS) is 11.9. The average molecular weight is 423 g/mol. The molecule has 0 spiro atoms. The molecular weight excluding hydrogens is 400 g/mol. The largest absolute Gasteiger partial charge is 0.310 e. The number of rotatable bonds is 6. The highest BCUT2D eigenvalue weighted by atomic mass is 32.2. The number of hydrogen-bond acceptors (Lipinski definition) is 5. The second-order valence-electron chi connectivity index (χ2n) is 7.12. The summed E-state index contributed by atoms with van der Waals surface area (Å²) in [7, 11) is -3.97. The molecule has 0 amide bonds. The minimum atomic E-state index is -3.97. The zero-order chi connectivity index (χ0) is 21.3. The first-order valence-electron chi connectivity index (χ1n) is 9.85. The molecule has 0 aliphatic rings. The van der Waals surface area contributed by atoms with Crippen molar-refractivity contribution < 1.29 is 8.42 Å². The first-order chi connectivity index (χ1) is 14.4. The van der Waals surface area contributed by atoms with Gasteiger partial charge < -0.3 is 4.57 Å². The van der Waals surface area contributed by atoms with Crippen LogP contribution in [0, 0.1) is 5.41 Å². The minimum absolute atomic E-state index is 0.0896. The van der Waals surface area contributed by atoms with Crippen LogP contribution in [0.2, 0.25) is 0 Å². The molecular formula is C22H22N4O3S. The van der Waals surface area contributed by atoms with E-state index in [1.807, 2.05) is 0 Å². The third-order valence-electron chi connectivity index (χ3n) is 5.11. The van der Waals surface area contributed by atoms with Gasteiger partial charge in [-0.05, 0) is 36.8 Å². The highest BCUT2D eigenvalue weighted by Gasteiger charge is 2.23. The Balaban J connectivity index is 2.08. The van der Waals surface area contributed by atoms with E-state index < -0.39 is 9.84 Å². The first kappa shape index (κ1) is 20.0. The lowest BCUT2D eigenvalue weighted by atomic mass is 10.2. The molecule has 0 fully saturated rings. The van der Waals surface area contributed by atoms with Crippen LogP contribution in [0.4, 0.5) is 0 Å². The van der Waals surface area contributed by atoms with E-state index in [2.05, 4.69) is 11.9 Å². The fourth-order valence-corrected chi connectivity index (χ4v) is 4.94. The molecule has 1 aromatic carbocycles. The van der Waals surface area contributed by atoms with Gasteiger partial charge in [-0.3, -0.25) is 14.6 Å². The number of nitrogens with one attached hydrogen (secondary N) is 1. The Kier molecular flexibility index (Phi) is 5.26. The van der Waals surface area contributed by atoms with Crippen molar-refractivity contribution in [3.63, 3.8) is 0 Å². The van der Waals surface area contributed by atoms with E-state index in [9.17, 15) is 13.2 Å². The van der Waals surface area contributed by atoms with Gasteiger partial charge in [-0.15, -0.1) is 0 Å². The van der Waals surface area contributed by atoms with Crippen LogP contribution in [0.15, 0.2) is 75.4 Å². The summed E-state index contributed by atoms with van der Waals surface area (Å²) in [5.41, 5.74) is 0.274. The standard InChI is InChI=1S/C22H22N4O3S/c1-2-3-8-14-26-20(23)18(30(28,29)16-10-5-4-6-11-16)15-17-21(26)24-19-12-7-9-13-25(19)22(17)27/h4-7,9-13,15,23H,2-3,8,14H2,1H3. The number of aromatic nitrogens is 3. The molecule has 7 nitrogen and oxygen atoms in total. The van der Waals surface area contributed by atoms with Crippen LogP contribution in [0.1, 0.15) is 26.2 Å². The van der Waals surface area contributed by atoms with Crippen LogP contribution in [0.25, 0.3) is 16.7 Å². The van der Waals surface area contributed by atoms with Crippen molar-refractivity contribution in [2.75, 3.05) is 0 Å². The monoisotopic (exact) mass is 422 g/mol. The Morgan fingerprint density at radius 3 is 2.50 bits per heavy atom. The molecule has 0 radical (unpaired) electrons. The summed E-state index contributed by atoms with van der Waals surface area (Å²) in [4.78, 5) is 17.6. The van der Waals surface area contributed by atoms with Gasteiger partial charge in [-0.1, -0.05) is 44.0 Å². The molecule has 154 valence electrons. The van der Waals surface area contributed by atoms with Crippen LogP contribution >= 0.6 is 0 Å². The van der Waals surface area contributed by atoms with Crippen LogP contribution in [-0.2, 0) is 16.4 Å². The summed E-state index contributed by atoms with van der Waals surface area (Å²) in [5.74, 6) is 0. The second-order valence-corrected chi connectivity index (χ2v) is 9.03. The number of sulfone groups is 1. The van der Waals surface area contributed by atoms with Crippen molar-refractivity contribution in [2.24, 2.45) is 0 Å². The van der Waals surface area contributed by atoms with E-state index in [1.54, 1.807) is 47.2 Å². The molecule has 1 N–H and O–H groups in total. The molecule has 0 atom stereocenters. The predicted molar refractivity (Wildman–Crippen MR) is 114 cm³/mol. The summed E-state index contributed by atoms with van der Waals surface area (Å²) in [5, 5.41) is 8.86. The predicted octanol–water partition coefficient (Wildman–Crippen LogP) is 3.15. The summed E-state index contributed by atoms with van der Waals surface area (Å²) < 4.78 is 29.5. The van der Waals surface area contributed by atoms with Gasteiger partial charge in [0.2, 0.25) is 9.84 Å². The van der Waals surface area contributed by atoms with E-state index in [-0.39, 0.29) is 26.2 Å². The molecule has 0 saturated heterocycles. The van der Waals surface area contributed by atoms with Crippen molar-refractivity contribution in [1.82, 2.24) is 14.0 Å². The first-order valence-corrected chi connectivity index (χ1v) is 11.3. The average Bonchev–Trinajstić information content (AvgIpc) is 2.76. The molecule has 4 rings (SSSR count). The molecule has 4 aromatic rings. The Bertz CT molecular complexity index is 1460. The lowest BCUT2D eigenvalue weighted by molar-refractivity contribution is 0.570. The van der Waals surface area contributed by atoms with Gasteiger partial charge in [0.15, 0.2) is 0 Å². The Morgan fingerprint density at radius 2 is 1.77 bits per heavy atom. The van der Waals surface area contributed by atoms with Gasteiger partial charge in [0.05, 0.1) is 10.3 Å². The molecule has 3 aromatic heterocycles. The van der Waals surface area contributed by atoms with Gasteiger partial charge in [0.25, 0.3) is 5.56 Å². The Labute approximate surface area is 173 Å². The fourth-order valence-electron chi connectivity index (χ4n) is 3.53. The SMILES string of the molecule is CCCCCn1c(=N)c(S(=O)(=O)c2ccccc2)cc2c(=O)n3ccccc3nc21. The zero-order valence-corrected chi connectivity index (χ0v) is 17.4. The maximum Gasteiger partial charge on any atom is 0.267 e. The number of hydrogen-bond donors (Lipinski definition) is 1. The number of nitrogens with zero attached hydrogens (tertiary/aromatic N) is 3. The van der Waals surface area contributed by atoms with E-state index in [4.69, 9.17) is 5.41 Å². The molecule has 30 heavy (non-hydrogen) atoms.